The van der Waals surface area contributed by atoms with E-state index < -0.39 is 0 Å². The van der Waals surface area contributed by atoms with Gasteiger partial charge in [-0.25, -0.2) is 4.98 Å². The van der Waals surface area contributed by atoms with Crippen LogP contribution in [-0.4, -0.2) is 9.55 Å². The lowest BCUT2D eigenvalue weighted by Gasteiger charge is -2.56. The maximum absolute atomic E-state index is 4.77. The molecule has 2 nitrogen and oxygen atoms in total. The van der Waals surface area contributed by atoms with Crippen LogP contribution in [0.1, 0.15) is 50.0 Å². The van der Waals surface area contributed by atoms with Gasteiger partial charge in [-0.1, -0.05) is 0 Å². The summed E-state index contributed by atoms with van der Waals surface area (Å²) in [6, 6.07) is 0. The molecule has 2 heteroatoms. The minimum absolute atomic E-state index is 0.456. The van der Waals surface area contributed by atoms with Gasteiger partial charge in [0.25, 0.3) is 0 Å². The van der Waals surface area contributed by atoms with Crippen molar-refractivity contribution in [3.8, 4) is 0 Å². The summed E-state index contributed by atoms with van der Waals surface area (Å²) in [5.41, 5.74) is 1.77. The fourth-order valence-corrected chi connectivity index (χ4v) is 5.37. The fourth-order valence-electron chi connectivity index (χ4n) is 5.37. The summed E-state index contributed by atoms with van der Waals surface area (Å²) in [7, 11) is 2.20. The maximum atomic E-state index is 4.77. The highest BCUT2D eigenvalue weighted by atomic mass is 15.1. The van der Waals surface area contributed by atoms with Crippen LogP contribution < -0.4 is 0 Å². The lowest BCUT2D eigenvalue weighted by molar-refractivity contribution is -0.0106. The van der Waals surface area contributed by atoms with Crippen molar-refractivity contribution in [1.82, 2.24) is 9.55 Å². The largest absolute Gasteiger partial charge is 0.335 e. The topological polar surface area (TPSA) is 17.8 Å². The van der Waals surface area contributed by atoms with Crippen molar-refractivity contribution < 1.29 is 0 Å². The third kappa shape index (κ3) is 1.30. The average Bonchev–Trinajstić information content (AvgIpc) is 2.58. The molecule has 17 heavy (non-hydrogen) atoms. The van der Waals surface area contributed by atoms with Crippen LogP contribution in [0.5, 0.6) is 0 Å². The Balaban J connectivity index is 1.80. The van der Waals surface area contributed by atoms with Gasteiger partial charge in [0.15, 0.2) is 0 Å². The standard InChI is InChI=1S/C15H22N2/c1-10-9-16-14(17(10)2)15-6-11-3-12(7-15)5-13(4-11)8-15/h9,11-13H,3-8H2,1-2H3. The first-order valence-corrected chi connectivity index (χ1v) is 7.15. The van der Waals surface area contributed by atoms with Crippen LogP contribution in [-0.2, 0) is 12.5 Å². The fraction of sp³-hybridized carbons (Fsp3) is 0.800. The van der Waals surface area contributed by atoms with Gasteiger partial charge in [-0.15, -0.1) is 0 Å². The molecule has 0 amide bonds. The van der Waals surface area contributed by atoms with Gasteiger partial charge in [-0.05, 0) is 63.2 Å². The summed E-state index contributed by atoms with van der Waals surface area (Å²) >= 11 is 0. The first kappa shape index (κ1) is 10.2. The van der Waals surface area contributed by atoms with E-state index in [1.807, 2.05) is 0 Å². The van der Waals surface area contributed by atoms with Crippen molar-refractivity contribution in [3.63, 3.8) is 0 Å². The van der Waals surface area contributed by atoms with Crippen molar-refractivity contribution in [2.75, 3.05) is 0 Å². The van der Waals surface area contributed by atoms with Crippen LogP contribution in [0.25, 0.3) is 0 Å². The Kier molecular flexibility index (Phi) is 1.88. The van der Waals surface area contributed by atoms with E-state index in [9.17, 15) is 0 Å². The quantitative estimate of drug-likeness (QED) is 0.724. The lowest BCUT2D eigenvalue weighted by Crippen LogP contribution is -2.49. The Morgan fingerprint density at radius 2 is 1.65 bits per heavy atom. The molecule has 4 aliphatic carbocycles. The minimum Gasteiger partial charge on any atom is -0.335 e. The summed E-state index contributed by atoms with van der Waals surface area (Å²) in [4.78, 5) is 4.77. The summed E-state index contributed by atoms with van der Waals surface area (Å²) in [6.07, 6.45) is 10.9. The van der Waals surface area contributed by atoms with Crippen LogP contribution >= 0.6 is 0 Å². The zero-order valence-electron chi connectivity index (χ0n) is 10.9. The number of imidazole rings is 1. The molecule has 1 heterocycles. The van der Waals surface area contributed by atoms with Crippen LogP contribution in [0.15, 0.2) is 6.20 Å². The average molecular weight is 230 g/mol. The zero-order chi connectivity index (χ0) is 11.6. The lowest BCUT2D eigenvalue weighted by atomic mass is 9.49. The van der Waals surface area contributed by atoms with E-state index in [0.717, 1.165) is 17.8 Å². The van der Waals surface area contributed by atoms with Gasteiger partial charge in [0.1, 0.15) is 5.82 Å². The Bertz CT molecular complexity index is 422. The number of aromatic nitrogens is 2. The van der Waals surface area contributed by atoms with Gasteiger partial charge in [-0.2, -0.15) is 0 Å². The Morgan fingerprint density at radius 3 is 2.06 bits per heavy atom. The van der Waals surface area contributed by atoms with Crippen molar-refractivity contribution >= 4 is 0 Å². The van der Waals surface area contributed by atoms with E-state index in [0.29, 0.717) is 5.41 Å². The molecule has 0 unspecified atom stereocenters. The number of aryl methyl sites for hydroxylation is 1. The molecule has 4 fully saturated rings. The van der Waals surface area contributed by atoms with Crippen LogP contribution in [0.2, 0.25) is 0 Å². The molecular weight excluding hydrogens is 208 g/mol. The van der Waals surface area contributed by atoms with Crippen LogP contribution in [0.4, 0.5) is 0 Å². The van der Waals surface area contributed by atoms with E-state index in [1.165, 1.54) is 50.0 Å². The molecule has 0 saturated heterocycles. The number of rotatable bonds is 1. The summed E-state index contributed by atoms with van der Waals surface area (Å²) in [5, 5.41) is 0. The Labute approximate surface area is 103 Å². The van der Waals surface area contributed by atoms with Gasteiger partial charge >= 0.3 is 0 Å². The minimum atomic E-state index is 0.456. The molecule has 4 aliphatic rings. The predicted octanol–water partition coefficient (Wildman–Crippen LogP) is 3.20. The van der Waals surface area contributed by atoms with E-state index in [4.69, 9.17) is 4.98 Å². The first-order valence-electron chi connectivity index (χ1n) is 7.15. The van der Waals surface area contributed by atoms with E-state index in [2.05, 4.69) is 24.7 Å². The molecule has 92 valence electrons. The molecule has 0 radical (unpaired) electrons. The predicted molar refractivity (Wildman–Crippen MR) is 67.8 cm³/mol. The highest BCUT2D eigenvalue weighted by Gasteiger charge is 2.53. The molecule has 0 N–H and O–H groups in total. The summed E-state index contributed by atoms with van der Waals surface area (Å²) in [5.74, 6) is 4.43. The van der Waals surface area contributed by atoms with Crippen LogP contribution in [0.3, 0.4) is 0 Å². The van der Waals surface area contributed by atoms with Crippen LogP contribution in [0, 0.1) is 24.7 Å². The molecule has 0 aromatic carbocycles. The highest BCUT2D eigenvalue weighted by Crippen LogP contribution is 2.60. The second-order valence-corrected chi connectivity index (χ2v) is 6.98. The molecule has 4 bridgehead atoms. The molecule has 5 rings (SSSR count). The van der Waals surface area contributed by atoms with Gasteiger partial charge in [0.2, 0.25) is 0 Å². The van der Waals surface area contributed by atoms with E-state index in [1.54, 1.807) is 0 Å². The van der Waals surface area contributed by atoms with Gasteiger partial charge < -0.3 is 4.57 Å². The summed E-state index contributed by atoms with van der Waals surface area (Å²) < 4.78 is 2.35. The number of hydrogen-bond donors (Lipinski definition) is 0. The molecule has 1 aromatic heterocycles. The molecule has 4 saturated carbocycles. The third-order valence-corrected chi connectivity index (χ3v) is 5.73. The second-order valence-electron chi connectivity index (χ2n) is 6.98. The smallest absolute Gasteiger partial charge is 0.114 e. The van der Waals surface area contributed by atoms with Gasteiger partial charge in [0.05, 0.1) is 0 Å². The SMILES string of the molecule is Cc1cnc(C23CC4CC(CC(C4)C2)C3)n1C. The van der Waals surface area contributed by atoms with Gasteiger partial charge in [0, 0.05) is 24.4 Å². The molecule has 1 aromatic rings. The third-order valence-electron chi connectivity index (χ3n) is 5.73. The number of hydrogen-bond acceptors (Lipinski definition) is 1. The van der Waals surface area contributed by atoms with Crippen molar-refractivity contribution in [3.05, 3.63) is 17.7 Å². The van der Waals surface area contributed by atoms with E-state index in [-0.39, 0.29) is 0 Å². The van der Waals surface area contributed by atoms with Crippen molar-refractivity contribution in [2.45, 2.75) is 50.9 Å². The summed E-state index contributed by atoms with van der Waals surface area (Å²) in [6.45, 7) is 2.18. The second kappa shape index (κ2) is 3.15. The molecular formula is C15H22N2. The maximum Gasteiger partial charge on any atom is 0.114 e. The Hall–Kier alpha value is -0.790. The molecule has 0 spiro atoms. The molecule has 0 atom stereocenters. The van der Waals surface area contributed by atoms with E-state index >= 15 is 0 Å². The highest BCUT2D eigenvalue weighted by molar-refractivity contribution is 5.20. The van der Waals surface area contributed by atoms with Crippen molar-refractivity contribution in [2.24, 2.45) is 24.8 Å². The monoisotopic (exact) mass is 230 g/mol. The normalized spacial score (nSPS) is 43.3. The van der Waals surface area contributed by atoms with Gasteiger partial charge in [-0.3, -0.25) is 0 Å². The molecule has 0 aliphatic heterocycles. The van der Waals surface area contributed by atoms with Crippen molar-refractivity contribution in [1.29, 1.82) is 0 Å². The Morgan fingerprint density at radius 1 is 1.12 bits per heavy atom. The first-order chi connectivity index (χ1) is 8.16. The number of nitrogens with zero attached hydrogens (tertiary/aromatic N) is 2. The zero-order valence-corrected chi connectivity index (χ0v) is 10.9.